The highest BCUT2D eigenvalue weighted by atomic mass is 16.5. The summed E-state index contributed by atoms with van der Waals surface area (Å²) in [5.74, 6) is 0.962. The summed E-state index contributed by atoms with van der Waals surface area (Å²) in [4.78, 5) is 7.41. The molecule has 0 amide bonds. The average Bonchev–Trinajstić information content (AvgIpc) is 3.17. The van der Waals surface area contributed by atoms with Gasteiger partial charge in [-0.2, -0.15) is 0 Å². The van der Waals surface area contributed by atoms with Gasteiger partial charge in [-0.25, -0.2) is 0 Å². The summed E-state index contributed by atoms with van der Waals surface area (Å²) in [6.45, 7) is 5.66. The lowest BCUT2D eigenvalue weighted by Gasteiger charge is -2.22. The van der Waals surface area contributed by atoms with Crippen LogP contribution in [0.2, 0.25) is 0 Å². The van der Waals surface area contributed by atoms with E-state index in [9.17, 15) is 0 Å². The molecule has 0 spiro atoms. The predicted octanol–water partition coefficient (Wildman–Crippen LogP) is 6.20. The Morgan fingerprint density at radius 2 is 1.50 bits per heavy atom. The Bertz CT molecular complexity index is 925. The zero-order chi connectivity index (χ0) is 20.6. The van der Waals surface area contributed by atoms with Gasteiger partial charge in [0.1, 0.15) is 5.75 Å². The third kappa shape index (κ3) is 5.58. The molecule has 3 aromatic rings. The van der Waals surface area contributed by atoms with Gasteiger partial charge in [-0.3, -0.25) is 9.89 Å². The van der Waals surface area contributed by atoms with Gasteiger partial charge in [-0.15, -0.1) is 0 Å². The first-order valence-electron chi connectivity index (χ1n) is 10.9. The van der Waals surface area contributed by atoms with Gasteiger partial charge >= 0.3 is 0 Å². The van der Waals surface area contributed by atoms with Crippen LogP contribution in [0.5, 0.6) is 5.75 Å². The quantitative estimate of drug-likeness (QED) is 0.380. The minimum Gasteiger partial charge on any atom is -0.494 e. The molecule has 0 fully saturated rings. The van der Waals surface area contributed by atoms with Crippen LogP contribution in [-0.2, 0) is 19.5 Å². The van der Waals surface area contributed by atoms with Gasteiger partial charge in [-0.1, -0.05) is 74.0 Å². The molecule has 4 rings (SSSR count). The Morgan fingerprint density at radius 3 is 2.13 bits per heavy atom. The van der Waals surface area contributed by atoms with Crippen molar-refractivity contribution >= 4 is 11.4 Å². The minimum atomic E-state index is 0.783. The van der Waals surface area contributed by atoms with Gasteiger partial charge in [0.2, 0.25) is 0 Å². The van der Waals surface area contributed by atoms with Crippen molar-refractivity contribution in [2.45, 2.75) is 39.3 Å². The number of benzene rings is 3. The lowest BCUT2D eigenvalue weighted by atomic mass is 10.1. The van der Waals surface area contributed by atoms with Crippen molar-refractivity contribution in [3.05, 3.63) is 95.6 Å². The molecule has 0 unspecified atom stereocenters. The van der Waals surface area contributed by atoms with Gasteiger partial charge in [0.05, 0.1) is 12.3 Å². The van der Waals surface area contributed by atoms with E-state index in [0.717, 1.165) is 56.9 Å². The molecule has 0 radical (unpaired) electrons. The van der Waals surface area contributed by atoms with Gasteiger partial charge in [0.15, 0.2) is 0 Å². The lowest BCUT2D eigenvalue weighted by Crippen LogP contribution is -2.29. The summed E-state index contributed by atoms with van der Waals surface area (Å²) in [6.07, 6.45) is 3.14. The van der Waals surface area contributed by atoms with Crippen LogP contribution >= 0.6 is 0 Å². The largest absolute Gasteiger partial charge is 0.494 e. The first-order chi connectivity index (χ1) is 14.8. The van der Waals surface area contributed by atoms with Crippen LogP contribution in [0.3, 0.4) is 0 Å². The fourth-order valence-electron chi connectivity index (χ4n) is 3.87. The maximum atomic E-state index is 5.88. The maximum absolute atomic E-state index is 5.88. The van der Waals surface area contributed by atoms with Crippen LogP contribution in [-0.4, -0.2) is 23.8 Å². The lowest BCUT2D eigenvalue weighted by molar-refractivity contribution is 0.294. The van der Waals surface area contributed by atoms with Crippen LogP contribution < -0.4 is 4.74 Å². The van der Waals surface area contributed by atoms with E-state index < -0.39 is 0 Å². The average molecular weight is 399 g/mol. The van der Waals surface area contributed by atoms with Crippen molar-refractivity contribution < 1.29 is 4.74 Å². The molecule has 0 aromatic heterocycles. The van der Waals surface area contributed by atoms with E-state index in [4.69, 9.17) is 9.73 Å². The number of hydrogen-bond acceptors (Lipinski definition) is 3. The molecular weight excluding hydrogens is 368 g/mol. The Morgan fingerprint density at radius 1 is 0.833 bits per heavy atom. The van der Waals surface area contributed by atoms with Gasteiger partial charge < -0.3 is 4.74 Å². The summed E-state index contributed by atoms with van der Waals surface area (Å²) in [5, 5.41) is 0. The van der Waals surface area contributed by atoms with Crippen molar-refractivity contribution in [1.82, 2.24) is 4.90 Å². The topological polar surface area (TPSA) is 24.8 Å². The van der Waals surface area contributed by atoms with Crippen molar-refractivity contribution in [3.8, 4) is 5.75 Å². The van der Waals surface area contributed by atoms with Crippen LogP contribution in [0, 0.1) is 0 Å². The van der Waals surface area contributed by atoms with Crippen LogP contribution in [0.15, 0.2) is 83.9 Å². The SMILES string of the molecule is CCCCOc1ccc2c(c1)CC(CN(Cc1ccccc1)Cc1ccccc1)=N2. The number of fused-ring (bicyclic) bond motifs is 1. The number of hydrogen-bond donors (Lipinski definition) is 0. The summed E-state index contributed by atoms with van der Waals surface area (Å²) in [7, 11) is 0. The molecule has 1 heterocycles. The second-order valence-corrected chi connectivity index (χ2v) is 7.96. The Labute approximate surface area is 180 Å². The van der Waals surface area contributed by atoms with Gasteiger partial charge in [0.25, 0.3) is 0 Å². The second-order valence-electron chi connectivity index (χ2n) is 7.96. The molecule has 0 N–H and O–H groups in total. The molecule has 0 aliphatic carbocycles. The normalized spacial score (nSPS) is 12.7. The highest BCUT2D eigenvalue weighted by molar-refractivity contribution is 5.95. The van der Waals surface area contributed by atoms with E-state index in [-0.39, 0.29) is 0 Å². The summed E-state index contributed by atoms with van der Waals surface area (Å²) >= 11 is 0. The number of nitrogens with zero attached hydrogens (tertiary/aromatic N) is 2. The number of unbranched alkanes of at least 4 members (excludes halogenated alkanes) is 1. The fraction of sp³-hybridized carbons (Fsp3) is 0.296. The molecule has 3 nitrogen and oxygen atoms in total. The molecule has 0 saturated heterocycles. The molecule has 1 aliphatic rings. The number of aliphatic imine (C=N–C) groups is 1. The number of rotatable bonds is 10. The van der Waals surface area contributed by atoms with E-state index in [1.807, 2.05) is 6.07 Å². The minimum absolute atomic E-state index is 0.783. The smallest absolute Gasteiger partial charge is 0.119 e. The molecule has 30 heavy (non-hydrogen) atoms. The third-order valence-corrected chi connectivity index (χ3v) is 5.39. The van der Waals surface area contributed by atoms with E-state index in [2.05, 4.69) is 84.6 Å². The first-order valence-corrected chi connectivity index (χ1v) is 10.9. The predicted molar refractivity (Wildman–Crippen MR) is 125 cm³/mol. The van der Waals surface area contributed by atoms with Gasteiger partial charge in [-0.05, 0) is 41.3 Å². The number of ether oxygens (including phenoxy) is 1. The molecular formula is C27H30N2O. The summed E-state index contributed by atoms with van der Waals surface area (Å²) < 4.78 is 5.88. The molecule has 0 bridgehead atoms. The van der Waals surface area contributed by atoms with Crippen molar-refractivity contribution in [2.24, 2.45) is 4.99 Å². The Kier molecular flexibility index (Phi) is 6.94. The zero-order valence-electron chi connectivity index (χ0n) is 17.8. The van der Waals surface area contributed by atoms with Crippen molar-refractivity contribution in [2.75, 3.05) is 13.2 Å². The molecule has 3 heteroatoms. The van der Waals surface area contributed by atoms with Crippen molar-refractivity contribution in [3.63, 3.8) is 0 Å². The molecule has 0 atom stereocenters. The standard InChI is InChI=1S/C27H30N2O/c1-2-3-16-30-26-14-15-27-24(18-26)17-25(28-27)21-29(19-22-10-6-4-7-11-22)20-23-12-8-5-9-13-23/h4-15,18H,2-3,16-17,19-21H2,1H3. The molecule has 3 aromatic carbocycles. The van der Waals surface area contributed by atoms with Crippen LogP contribution in [0.4, 0.5) is 5.69 Å². The van der Waals surface area contributed by atoms with E-state index in [1.165, 1.54) is 22.4 Å². The third-order valence-electron chi connectivity index (χ3n) is 5.39. The van der Waals surface area contributed by atoms with Crippen LogP contribution in [0.25, 0.3) is 0 Å². The van der Waals surface area contributed by atoms with Crippen LogP contribution in [0.1, 0.15) is 36.5 Å². The summed E-state index contributed by atoms with van der Waals surface area (Å²) in [6, 6.07) is 27.7. The van der Waals surface area contributed by atoms with E-state index in [0.29, 0.717) is 0 Å². The highest BCUT2D eigenvalue weighted by Gasteiger charge is 2.18. The highest BCUT2D eigenvalue weighted by Crippen LogP contribution is 2.31. The monoisotopic (exact) mass is 398 g/mol. The van der Waals surface area contributed by atoms with E-state index >= 15 is 0 Å². The van der Waals surface area contributed by atoms with E-state index in [1.54, 1.807) is 0 Å². The first kappa shape index (κ1) is 20.4. The van der Waals surface area contributed by atoms with Crippen molar-refractivity contribution in [1.29, 1.82) is 0 Å². The zero-order valence-corrected chi connectivity index (χ0v) is 17.8. The Hall–Kier alpha value is -2.91. The Balaban J connectivity index is 1.44. The fourth-order valence-corrected chi connectivity index (χ4v) is 3.87. The molecule has 1 aliphatic heterocycles. The van der Waals surface area contributed by atoms with Gasteiger partial charge in [0, 0.05) is 31.8 Å². The molecule has 0 saturated carbocycles. The molecule has 154 valence electrons. The summed E-state index contributed by atoms with van der Waals surface area (Å²) in [5.41, 5.74) is 6.25. The second kappa shape index (κ2) is 10.2. The maximum Gasteiger partial charge on any atom is 0.119 e.